The van der Waals surface area contributed by atoms with Gasteiger partial charge in [0.25, 0.3) is 0 Å². The van der Waals surface area contributed by atoms with Gasteiger partial charge < -0.3 is 19.3 Å². The summed E-state index contributed by atoms with van der Waals surface area (Å²) in [5.74, 6) is 0.869. The van der Waals surface area contributed by atoms with Crippen LogP contribution < -0.4 is 14.2 Å². The summed E-state index contributed by atoms with van der Waals surface area (Å²) in [5.41, 5.74) is 0.793. The maximum Gasteiger partial charge on any atom is 0.355 e. The van der Waals surface area contributed by atoms with Crippen LogP contribution in [0.1, 0.15) is 10.5 Å². The summed E-state index contributed by atoms with van der Waals surface area (Å²) in [6.45, 7) is 0.727. The van der Waals surface area contributed by atoms with E-state index in [4.69, 9.17) is 19.3 Å². The maximum absolute atomic E-state index is 11.0. The SMILES string of the molecule is COc1ccc(-c2nc(C(=O)O)cs2)cc1OCCOc1ccccc1. The van der Waals surface area contributed by atoms with Gasteiger partial charge in [-0.25, -0.2) is 9.78 Å². The molecule has 0 unspecified atom stereocenters. The Morgan fingerprint density at radius 1 is 1.08 bits per heavy atom. The Bertz CT molecular complexity index is 879. The molecule has 0 amide bonds. The highest BCUT2D eigenvalue weighted by atomic mass is 32.1. The van der Waals surface area contributed by atoms with E-state index in [1.165, 1.54) is 16.7 Å². The molecular weight excluding hydrogens is 354 g/mol. The van der Waals surface area contributed by atoms with Crippen LogP contribution in [0.15, 0.2) is 53.9 Å². The van der Waals surface area contributed by atoms with Gasteiger partial charge >= 0.3 is 5.97 Å². The Kier molecular flexibility index (Phi) is 5.70. The van der Waals surface area contributed by atoms with Crippen LogP contribution in [0.5, 0.6) is 17.2 Å². The van der Waals surface area contributed by atoms with Crippen LogP contribution in [0.2, 0.25) is 0 Å². The van der Waals surface area contributed by atoms with E-state index in [9.17, 15) is 4.79 Å². The number of benzene rings is 2. The smallest absolute Gasteiger partial charge is 0.355 e. The summed E-state index contributed by atoms with van der Waals surface area (Å²) in [4.78, 5) is 15.1. The van der Waals surface area contributed by atoms with Crippen molar-refractivity contribution in [3.8, 4) is 27.8 Å². The number of hydrogen-bond donors (Lipinski definition) is 1. The first-order valence-electron chi connectivity index (χ1n) is 7.85. The Morgan fingerprint density at radius 2 is 1.85 bits per heavy atom. The van der Waals surface area contributed by atoms with Crippen molar-refractivity contribution in [2.75, 3.05) is 20.3 Å². The van der Waals surface area contributed by atoms with Crippen molar-refractivity contribution in [3.05, 3.63) is 59.6 Å². The maximum atomic E-state index is 11.0. The second-order valence-corrected chi connectivity index (χ2v) is 6.08. The number of carbonyl (C=O) groups is 1. The molecule has 0 atom stereocenters. The largest absolute Gasteiger partial charge is 0.493 e. The van der Waals surface area contributed by atoms with E-state index in [0.717, 1.165) is 11.3 Å². The lowest BCUT2D eigenvalue weighted by molar-refractivity contribution is 0.0691. The highest BCUT2D eigenvalue weighted by molar-refractivity contribution is 7.13. The fraction of sp³-hybridized carbons (Fsp3) is 0.158. The molecule has 0 aliphatic carbocycles. The zero-order chi connectivity index (χ0) is 18.4. The molecule has 0 fully saturated rings. The lowest BCUT2D eigenvalue weighted by atomic mass is 10.2. The molecule has 134 valence electrons. The molecule has 3 aromatic rings. The van der Waals surface area contributed by atoms with Gasteiger partial charge in [-0.3, -0.25) is 0 Å². The summed E-state index contributed by atoms with van der Waals surface area (Å²) in [6, 6.07) is 14.9. The molecule has 0 aliphatic rings. The summed E-state index contributed by atoms with van der Waals surface area (Å²) in [6.07, 6.45) is 0. The third kappa shape index (κ3) is 4.31. The molecule has 0 radical (unpaired) electrons. The van der Waals surface area contributed by atoms with Gasteiger partial charge in [0, 0.05) is 10.9 Å². The third-order valence-electron chi connectivity index (χ3n) is 3.49. The molecule has 2 aromatic carbocycles. The minimum absolute atomic E-state index is 0.0274. The molecule has 7 heteroatoms. The molecule has 3 rings (SSSR count). The minimum Gasteiger partial charge on any atom is -0.493 e. The lowest BCUT2D eigenvalue weighted by Crippen LogP contribution is -2.09. The normalized spacial score (nSPS) is 10.3. The summed E-state index contributed by atoms with van der Waals surface area (Å²) < 4.78 is 16.7. The van der Waals surface area contributed by atoms with E-state index in [1.807, 2.05) is 36.4 Å². The molecular formula is C19H17NO5S. The standard InChI is InChI=1S/C19H17NO5S/c1-23-16-8-7-13(18-20-15(12-26-18)19(21)22)11-17(16)25-10-9-24-14-5-3-2-4-6-14/h2-8,11-12H,9-10H2,1H3,(H,21,22). The number of carboxylic acid groups (broad SMARTS) is 1. The number of nitrogens with zero attached hydrogens (tertiary/aromatic N) is 1. The molecule has 0 bridgehead atoms. The third-order valence-corrected chi connectivity index (χ3v) is 4.38. The van der Waals surface area contributed by atoms with E-state index >= 15 is 0 Å². The van der Waals surface area contributed by atoms with Gasteiger partial charge in [-0.15, -0.1) is 11.3 Å². The Morgan fingerprint density at radius 3 is 2.54 bits per heavy atom. The Labute approximate surface area is 154 Å². The van der Waals surface area contributed by atoms with Crippen molar-refractivity contribution >= 4 is 17.3 Å². The molecule has 0 spiro atoms. The number of rotatable bonds is 8. The number of ether oxygens (including phenoxy) is 3. The Hall–Kier alpha value is -3.06. The van der Waals surface area contributed by atoms with Crippen LogP contribution in [-0.2, 0) is 0 Å². The summed E-state index contributed by atoms with van der Waals surface area (Å²) >= 11 is 1.27. The average Bonchev–Trinajstić information content (AvgIpc) is 3.16. The van der Waals surface area contributed by atoms with Crippen LogP contribution in [-0.4, -0.2) is 36.4 Å². The van der Waals surface area contributed by atoms with Crippen LogP contribution >= 0.6 is 11.3 Å². The Balaban J connectivity index is 1.68. The highest BCUT2D eigenvalue weighted by Crippen LogP contribution is 2.33. The molecule has 1 N–H and O–H groups in total. The van der Waals surface area contributed by atoms with Gasteiger partial charge in [-0.1, -0.05) is 18.2 Å². The van der Waals surface area contributed by atoms with E-state index in [1.54, 1.807) is 19.2 Å². The van der Waals surface area contributed by atoms with Gasteiger partial charge in [0.15, 0.2) is 17.2 Å². The fourth-order valence-corrected chi connectivity index (χ4v) is 3.05. The molecule has 0 saturated carbocycles. The first-order valence-corrected chi connectivity index (χ1v) is 8.73. The fourth-order valence-electron chi connectivity index (χ4n) is 2.25. The average molecular weight is 371 g/mol. The zero-order valence-corrected chi connectivity index (χ0v) is 14.9. The monoisotopic (exact) mass is 371 g/mol. The first kappa shape index (κ1) is 17.8. The van der Waals surface area contributed by atoms with Crippen molar-refractivity contribution in [3.63, 3.8) is 0 Å². The molecule has 1 aromatic heterocycles. The second-order valence-electron chi connectivity index (χ2n) is 5.22. The number of hydrogen-bond acceptors (Lipinski definition) is 6. The van der Waals surface area contributed by atoms with Gasteiger partial charge in [-0.05, 0) is 30.3 Å². The van der Waals surface area contributed by atoms with E-state index < -0.39 is 5.97 Å². The quantitative estimate of drug-likeness (QED) is 0.604. The van der Waals surface area contributed by atoms with Crippen molar-refractivity contribution in [1.82, 2.24) is 4.98 Å². The van der Waals surface area contributed by atoms with Crippen molar-refractivity contribution in [1.29, 1.82) is 0 Å². The highest BCUT2D eigenvalue weighted by Gasteiger charge is 2.13. The molecule has 6 nitrogen and oxygen atoms in total. The number of para-hydroxylation sites is 1. The molecule has 1 heterocycles. The van der Waals surface area contributed by atoms with Gasteiger partial charge in [0.2, 0.25) is 0 Å². The number of aromatic nitrogens is 1. The first-order chi connectivity index (χ1) is 12.7. The van der Waals surface area contributed by atoms with Crippen LogP contribution in [0, 0.1) is 0 Å². The number of aromatic carboxylic acids is 1. The number of carboxylic acids is 1. The van der Waals surface area contributed by atoms with Gasteiger partial charge in [-0.2, -0.15) is 0 Å². The predicted octanol–water partition coefficient (Wildman–Crippen LogP) is 3.97. The zero-order valence-electron chi connectivity index (χ0n) is 14.0. The molecule has 0 saturated heterocycles. The van der Waals surface area contributed by atoms with Crippen LogP contribution in [0.3, 0.4) is 0 Å². The second kappa shape index (κ2) is 8.35. The minimum atomic E-state index is -1.05. The van der Waals surface area contributed by atoms with Gasteiger partial charge in [0.1, 0.15) is 24.0 Å². The molecule has 0 aliphatic heterocycles. The van der Waals surface area contributed by atoms with Gasteiger partial charge in [0.05, 0.1) is 7.11 Å². The van der Waals surface area contributed by atoms with E-state index in [2.05, 4.69) is 4.98 Å². The van der Waals surface area contributed by atoms with E-state index in [-0.39, 0.29) is 5.69 Å². The van der Waals surface area contributed by atoms with Crippen LogP contribution in [0.25, 0.3) is 10.6 Å². The predicted molar refractivity (Wildman–Crippen MR) is 98.5 cm³/mol. The number of thiazole rings is 1. The van der Waals surface area contributed by atoms with Crippen molar-refractivity contribution in [2.24, 2.45) is 0 Å². The summed E-state index contributed by atoms with van der Waals surface area (Å²) in [5, 5.41) is 11.1. The topological polar surface area (TPSA) is 77.9 Å². The lowest BCUT2D eigenvalue weighted by Gasteiger charge is -2.12. The van der Waals surface area contributed by atoms with Crippen LogP contribution in [0.4, 0.5) is 0 Å². The van der Waals surface area contributed by atoms with E-state index in [0.29, 0.717) is 29.7 Å². The summed E-state index contributed by atoms with van der Waals surface area (Å²) in [7, 11) is 1.56. The number of methoxy groups -OCH3 is 1. The van der Waals surface area contributed by atoms with Crippen molar-refractivity contribution < 1.29 is 24.1 Å². The van der Waals surface area contributed by atoms with Crippen molar-refractivity contribution in [2.45, 2.75) is 0 Å². The molecule has 26 heavy (non-hydrogen) atoms.